The maximum absolute atomic E-state index is 14.3. The molecule has 0 radical (unpaired) electrons. The molecule has 52 heavy (non-hydrogen) atoms. The Hall–Kier alpha value is -2.94. The average Bonchev–Trinajstić information content (AvgIpc) is 3.39. The van der Waals surface area contributed by atoms with E-state index in [2.05, 4.69) is 17.7 Å². The van der Waals surface area contributed by atoms with E-state index in [0.717, 1.165) is 44.9 Å². The summed E-state index contributed by atoms with van der Waals surface area (Å²) in [4.78, 5) is 0. The molecule has 3 aliphatic carbocycles. The predicted octanol–water partition coefficient (Wildman–Crippen LogP) is 10.5. The molecule has 5 nitrogen and oxygen atoms in total. The van der Waals surface area contributed by atoms with Gasteiger partial charge in [0.25, 0.3) is 0 Å². The van der Waals surface area contributed by atoms with Gasteiger partial charge in [0, 0.05) is 12.7 Å². The summed E-state index contributed by atoms with van der Waals surface area (Å²) in [6, 6.07) is 10.5. The molecular weight excluding hydrogens is 714 g/mol. The van der Waals surface area contributed by atoms with Crippen molar-refractivity contribution in [3.05, 3.63) is 53.3 Å². The van der Waals surface area contributed by atoms with Crippen LogP contribution in [-0.2, 0) is 15.9 Å². The Bertz CT molecular complexity index is 1460. The van der Waals surface area contributed by atoms with E-state index in [1.807, 2.05) is 19.1 Å². The van der Waals surface area contributed by atoms with Crippen molar-refractivity contribution in [1.82, 2.24) is 0 Å². The zero-order chi connectivity index (χ0) is 38.0. The molecule has 0 amide bonds. The predicted molar refractivity (Wildman–Crippen MR) is 170 cm³/mol. The minimum Gasteiger partial charge on any atom is -0.491 e. The molecule has 0 saturated heterocycles. The van der Waals surface area contributed by atoms with Crippen LogP contribution in [0.25, 0.3) is 0 Å². The largest absolute Gasteiger partial charge is 0.491 e. The van der Waals surface area contributed by atoms with Crippen LogP contribution < -0.4 is 14.2 Å². The molecule has 2 aromatic rings. The van der Waals surface area contributed by atoms with E-state index in [4.69, 9.17) is 18.9 Å². The van der Waals surface area contributed by atoms with E-state index in [0.29, 0.717) is 36.4 Å². The fraction of sp³-hybridized carbons (Fsp3) is 0.676. The van der Waals surface area contributed by atoms with Crippen molar-refractivity contribution < 1.29 is 67.6 Å². The number of halogens is 10. The van der Waals surface area contributed by atoms with Gasteiger partial charge in [-0.05, 0) is 110 Å². The SMILES string of the molecule is CCCCOc1ccc(OCCOc2ccc3c(c2)CC[C@@H]2[C@@H]3CC[C@]3(C)[C@@H](OCCCOC(C(F)(F)F)(C(F)(F)F)C(F)(F)F)CC[C@@H]23)cc1F. The Morgan fingerprint density at radius 1 is 0.712 bits per heavy atom. The normalized spacial score (nSPS) is 24.9. The number of benzene rings is 2. The van der Waals surface area contributed by atoms with E-state index in [9.17, 15) is 43.9 Å². The van der Waals surface area contributed by atoms with Crippen LogP contribution in [-0.4, -0.2) is 63.3 Å². The van der Waals surface area contributed by atoms with Crippen molar-refractivity contribution in [3.63, 3.8) is 0 Å². The first-order valence-electron chi connectivity index (χ1n) is 17.7. The summed E-state index contributed by atoms with van der Waals surface area (Å²) in [5.41, 5.74) is -4.11. The number of alkyl halides is 9. The molecule has 2 fully saturated rings. The van der Waals surface area contributed by atoms with Crippen molar-refractivity contribution in [2.45, 2.75) is 108 Å². The molecule has 0 spiro atoms. The highest BCUT2D eigenvalue weighted by atomic mass is 19.4. The maximum Gasteiger partial charge on any atom is 0.435 e. The Morgan fingerprint density at radius 2 is 1.37 bits per heavy atom. The topological polar surface area (TPSA) is 46.2 Å². The lowest BCUT2D eigenvalue weighted by Crippen LogP contribution is -2.67. The summed E-state index contributed by atoms with van der Waals surface area (Å²) in [7, 11) is 0. The van der Waals surface area contributed by atoms with E-state index < -0.39 is 43.0 Å². The third-order valence-corrected chi connectivity index (χ3v) is 11.0. The van der Waals surface area contributed by atoms with Gasteiger partial charge in [0.05, 0.1) is 19.3 Å². The Balaban J connectivity index is 1.10. The molecule has 15 heteroatoms. The number of unbranched alkanes of at least 4 members (excludes halogenated alkanes) is 1. The minimum atomic E-state index is -6.75. The standard InChI is InChI=1S/C37H44F10O5/c1-3-4-16-50-31-12-8-25(22-30(31)38)49-20-19-48-24-7-10-26-23(21-24)6-9-28-27(26)14-15-33(2)29(28)11-13-32(33)51-17-5-18-52-34(35(39,40)41,36(42,43)44)37(45,46)47/h7-8,10,12,21-22,27-29,32H,3-6,9,11,13-20H2,1-2H3/t27-,28-,29+,32+,33+/m1/s1. The highest BCUT2D eigenvalue weighted by molar-refractivity contribution is 5.41. The Kier molecular flexibility index (Phi) is 12.2. The van der Waals surface area contributed by atoms with E-state index in [-0.39, 0.29) is 43.0 Å². The van der Waals surface area contributed by atoms with Crippen molar-refractivity contribution in [3.8, 4) is 17.2 Å². The molecular formula is C37H44F10O5. The van der Waals surface area contributed by atoms with Crippen LogP contribution in [0.15, 0.2) is 36.4 Å². The number of fused-ring (bicyclic) bond motifs is 5. The van der Waals surface area contributed by atoms with Gasteiger partial charge in [0.15, 0.2) is 11.6 Å². The van der Waals surface area contributed by atoms with Crippen molar-refractivity contribution in [1.29, 1.82) is 0 Å². The second-order valence-corrected chi connectivity index (χ2v) is 14.1. The van der Waals surface area contributed by atoms with Crippen molar-refractivity contribution in [2.75, 3.05) is 33.0 Å². The number of ether oxygens (including phenoxy) is 5. The van der Waals surface area contributed by atoms with Gasteiger partial charge in [-0.25, -0.2) is 4.39 Å². The first-order chi connectivity index (χ1) is 24.4. The van der Waals surface area contributed by atoms with Gasteiger partial charge in [-0.15, -0.1) is 0 Å². The summed E-state index contributed by atoms with van der Waals surface area (Å²) in [5.74, 6) is 1.68. The van der Waals surface area contributed by atoms with Crippen LogP contribution >= 0.6 is 0 Å². The summed E-state index contributed by atoms with van der Waals surface area (Å²) in [5, 5.41) is 0. The van der Waals surface area contributed by atoms with Crippen LogP contribution in [0.4, 0.5) is 43.9 Å². The highest BCUT2D eigenvalue weighted by Crippen LogP contribution is 2.62. The average molecular weight is 759 g/mol. The molecule has 5 atom stereocenters. The summed E-state index contributed by atoms with van der Waals surface area (Å²) in [6.45, 7) is 3.25. The molecule has 0 heterocycles. The third kappa shape index (κ3) is 8.09. The van der Waals surface area contributed by atoms with E-state index in [1.54, 1.807) is 12.1 Å². The van der Waals surface area contributed by atoms with Gasteiger partial charge in [0.1, 0.15) is 24.7 Å². The van der Waals surface area contributed by atoms with Crippen LogP contribution in [0.5, 0.6) is 17.2 Å². The second-order valence-electron chi connectivity index (χ2n) is 14.1. The first kappa shape index (κ1) is 40.2. The Morgan fingerprint density at radius 3 is 2.00 bits per heavy atom. The molecule has 0 N–H and O–H groups in total. The molecule has 5 rings (SSSR count). The van der Waals surface area contributed by atoms with Crippen LogP contribution in [0.3, 0.4) is 0 Å². The van der Waals surface area contributed by atoms with Gasteiger partial charge in [-0.3, -0.25) is 0 Å². The fourth-order valence-electron chi connectivity index (χ4n) is 8.45. The summed E-state index contributed by atoms with van der Waals surface area (Å²) < 4.78 is 159. The fourth-order valence-corrected chi connectivity index (χ4v) is 8.45. The molecule has 0 unspecified atom stereocenters. The van der Waals surface area contributed by atoms with Crippen LogP contribution in [0.1, 0.15) is 82.3 Å². The highest BCUT2D eigenvalue weighted by Gasteiger charge is 2.85. The van der Waals surface area contributed by atoms with E-state index >= 15 is 0 Å². The number of hydrogen-bond donors (Lipinski definition) is 0. The van der Waals surface area contributed by atoms with Crippen LogP contribution in [0.2, 0.25) is 0 Å². The minimum absolute atomic E-state index is 0.186. The van der Waals surface area contributed by atoms with Crippen molar-refractivity contribution in [2.24, 2.45) is 17.3 Å². The van der Waals surface area contributed by atoms with Gasteiger partial charge in [-0.2, -0.15) is 39.5 Å². The smallest absolute Gasteiger partial charge is 0.435 e. The second kappa shape index (κ2) is 15.8. The van der Waals surface area contributed by atoms with Gasteiger partial charge >= 0.3 is 24.1 Å². The molecule has 0 aromatic heterocycles. The number of aryl methyl sites for hydroxylation is 1. The third-order valence-electron chi connectivity index (χ3n) is 11.0. The molecule has 292 valence electrons. The molecule has 0 aliphatic heterocycles. The molecule has 2 aromatic carbocycles. The first-order valence-corrected chi connectivity index (χ1v) is 17.7. The number of hydrogen-bond acceptors (Lipinski definition) is 5. The lowest BCUT2D eigenvalue weighted by atomic mass is 9.55. The lowest BCUT2D eigenvalue weighted by molar-refractivity contribution is -0.457. The maximum atomic E-state index is 14.3. The van der Waals surface area contributed by atoms with Gasteiger partial charge in [0.2, 0.25) is 0 Å². The lowest BCUT2D eigenvalue weighted by Gasteiger charge is -2.50. The molecule has 0 bridgehead atoms. The molecule has 2 saturated carbocycles. The summed E-state index contributed by atoms with van der Waals surface area (Å²) >= 11 is 0. The van der Waals surface area contributed by atoms with E-state index in [1.165, 1.54) is 17.2 Å². The van der Waals surface area contributed by atoms with Crippen LogP contribution in [0, 0.1) is 23.1 Å². The van der Waals surface area contributed by atoms with Gasteiger partial charge < -0.3 is 23.7 Å². The number of rotatable bonds is 15. The van der Waals surface area contributed by atoms with Crippen molar-refractivity contribution >= 4 is 0 Å². The Labute approximate surface area is 296 Å². The quantitative estimate of drug-likeness (QED) is 0.134. The zero-order valence-corrected chi connectivity index (χ0v) is 29.0. The zero-order valence-electron chi connectivity index (χ0n) is 29.0. The monoisotopic (exact) mass is 758 g/mol. The van der Waals surface area contributed by atoms with Gasteiger partial charge in [-0.1, -0.05) is 26.3 Å². The molecule has 3 aliphatic rings. The summed E-state index contributed by atoms with van der Waals surface area (Å²) in [6.07, 6.45) is -14.5.